The Kier molecular flexibility index (Phi) is 1.86. The van der Waals surface area contributed by atoms with Gasteiger partial charge in [-0.1, -0.05) is 18.6 Å². The molecule has 0 bridgehead atoms. The van der Waals surface area contributed by atoms with E-state index in [1.165, 1.54) is 38.5 Å². The summed E-state index contributed by atoms with van der Waals surface area (Å²) in [5, 5.41) is 0. The maximum absolute atomic E-state index is 4.57. The van der Waals surface area contributed by atoms with Gasteiger partial charge in [-0.25, -0.2) is 0 Å². The standard InChI is InChI=1S/C15H23/c1-11-4-6-12(7-5-11)14(2)9-8-13-10-15(13,14)3/h4,12-13H,3,5-10H2,1-2H3/q+1/t12-,13-,14-,15-/m0/s1. The van der Waals surface area contributed by atoms with Gasteiger partial charge in [0.15, 0.2) is 0 Å². The largest absolute Gasteiger partial charge is 0.114 e. The number of rotatable bonds is 1. The Morgan fingerprint density at radius 1 is 1.33 bits per heavy atom. The average Bonchev–Trinajstić information content (AvgIpc) is 2.82. The fraction of sp³-hybridized carbons (Fsp3) is 0.800. The van der Waals surface area contributed by atoms with Crippen LogP contribution in [0.1, 0.15) is 52.4 Å². The number of hydrogen-bond acceptors (Lipinski definition) is 0. The quantitative estimate of drug-likeness (QED) is 0.438. The summed E-state index contributed by atoms with van der Waals surface area (Å²) in [6.45, 7) is 9.39. The Morgan fingerprint density at radius 3 is 2.60 bits per heavy atom. The molecule has 0 heterocycles. The van der Waals surface area contributed by atoms with Gasteiger partial charge in [-0.3, -0.25) is 0 Å². The Morgan fingerprint density at radius 2 is 2.13 bits per heavy atom. The summed E-state index contributed by atoms with van der Waals surface area (Å²) in [5.74, 6) is 1.90. The van der Waals surface area contributed by atoms with Gasteiger partial charge in [0.25, 0.3) is 0 Å². The molecule has 0 nitrogen and oxygen atoms in total. The van der Waals surface area contributed by atoms with E-state index < -0.39 is 0 Å². The SMILES string of the molecule is [CH2+][C@]12C[C@@H]1CC[C@@]2(C)[C@H]1CC=C(C)CC1. The summed E-state index contributed by atoms with van der Waals surface area (Å²) >= 11 is 0. The molecule has 3 aliphatic rings. The molecule has 0 unspecified atom stereocenters. The van der Waals surface area contributed by atoms with Gasteiger partial charge >= 0.3 is 0 Å². The summed E-state index contributed by atoms with van der Waals surface area (Å²) < 4.78 is 0. The van der Waals surface area contributed by atoms with Crippen molar-refractivity contribution in [3.05, 3.63) is 18.6 Å². The van der Waals surface area contributed by atoms with Gasteiger partial charge < -0.3 is 0 Å². The Hall–Kier alpha value is -0.390. The third kappa shape index (κ3) is 1.17. The molecule has 0 aliphatic heterocycles. The van der Waals surface area contributed by atoms with Crippen LogP contribution in [0.15, 0.2) is 11.6 Å². The lowest BCUT2D eigenvalue weighted by Crippen LogP contribution is -2.34. The molecular formula is C15H23+. The van der Waals surface area contributed by atoms with Crippen LogP contribution >= 0.6 is 0 Å². The fourth-order valence-electron chi connectivity index (χ4n) is 4.34. The van der Waals surface area contributed by atoms with Crippen LogP contribution in [0.2, 0.25) is 0 Å². The molecule has 4 atom stereocenters. The number of hydrogen-bond donors (Lipinski definition) is 0. The van der Waals surface area contributed by atoms with Crippen molar-refractivity contribution in [1.29, 1.82) is 0 Å². The first-order chi connectivity index (χ1) is 7.06. The molecule has 15 heavy (non-hydrogen) atoms. The van der Waals surface area contributed by atoms with Crippen molar-refractivity contribution in [3.63, 3.8) is 0 Å². The molecule has 0 N–H and O–H groups in total. The molecular weight excluding hydrogens is 180 g/mol. The lowest BCUT2D eigenvalue weighted by atomic mass is 9.63. The van der Waals surface area contributed by atoms with Gasteiger partial charge in [0, 0.05) is 17.8 Å². The predicted molar refractivity (Wildman–Crippen MR) is 64.3 cm³/mol. The fourth-order valence-corrected chi connectivity index (χ4v) is 4.34. The minimum Gasteiger partial charge on any atom is -0.0853 e. The predicted octanol–water partition coefficient (Wildman–Crippen LogP) is 4.37. The molecule has 0 aromatic carbocycles. The van der Waals surface area contributed by atoms with E-state index in [4.69, 9.17) is 0 Å². The van der Waals surface area contributed by atoms with Gasteiger partial charge in [-0.2, -0.15) is 0 Å². The molecule has 0 radical (unpaired) electrons. The Balaban J connectivity index is 1.82. The van der Waals surface area contributed by atoms with Crippen LogP contribution in [-0.4, -0.2) is 0 Å². The second-order valence-corrected chi connectivity index (χ2v) is 6.54. The van der Waals surface area contributed by atoms with Crippen molar-refractivity contribution in [2.45, 2.75) is 52.4 Å². The van der Waals surface area contributed by atoms with Gasteiger partial charge in [0.1, 0.15) is 5.41 Å². The van der Waals surface area contributed by atoms with Crippen LogP contribution in [0.5, 0.6) is 0 Å². The summed E-state index contributed by atoms with van der Waals surface area (Å²) in [6, 6.07) is 0. The normalized spacial score (nSPS) is 53.6. The lowest BCUT2D eigenvalue weighted by molar-refractivity contribution is 0.104. The van der Waals surface area contributed by atoms with E-state index in [1.54, 1.807) is 5.57 Å². The van der Waals surface area contributed by atoms with E-state index in [0.29, 0.717) is 10.8 Å². The summed E-state index contributed by atoms with van der Waals surface area (Å²) in [7, 11) is 0. The average molecular weight is 203 g/mol. The van der Waals surface area contributed by atoms with Crippen LogP contribution in [-0.2, 0) is 0 Å². The van der Waals surface area contributed by atoms with Gasteiger partial charge in [-0.15, -0.1) is 0 Å². The van der Waals surface area contributed by atoms with Gasteiger partial charge in [0.2, 0.25) is 0 Å². The molecule has 0 aromatic rings. The van der Waals surface area contributed by atoms with Gasteiger partial charge in [0.05, 0.1) is 6.92 Å². The van der Waals surface area contributed by atoms with Crippen molar-refractivity contribution in [1.82, 2.24) is 0 Å². The molecule has 0 aromatic heterocycles. The maximum atomic E-state index is 4.57. The van der Waals surface area contributed by atoms with Crippen LogP contribution in [0.3, 0.4) is 0 Å². The minimum atomic E-state index is 0.483. The molecule has 0 amide bonds. The summed E-state index contributed by atoms with van der Waals surface area (Å²) in [6.07, 6.45) is 10.9. The first-order valence-corrected chi connectivity index (χ1v) is 6.57. The van der Waals surface area contributed by atoms with Crippen LogP contribution in [0, 0.1) is 29.6 Å². The van der Waals surface area contributed by atoms with E-state index >= 15 is 0 Å². The Bertz CT molecular complexity index is 312. The van der Waals surface area contributed by atoms with Crippen molar-refractivity contribution in [2.24, 2.45) is 22.7 Å². The highest BCUT2D eigenvalue weighted by molar-refractivity contribution is 5.21. The second-order valence-electron chi connectivity index (χ2n) is 6.54. The highest BCUT2D eigenvalue weighted by Crippen LogP contribution is 2.74. The number of fused-ring (bicyclic) bond motifs is 1. The van der Waals surface area contributed by atoms with E-state index in [1.807, 2.05) is 0 Å². The summed E-state index contributed by atoms with van der Waals surface area (Å²) in [5.41, 5.74) is 2.66. The lowest BCUT2D eigenvalue weighted by Gasteiger charge is -2.39. The van der Waals surface area contributed by atoms with Crippen molar-refractivity contribution in [3.8, 4) is 0 Å². The van der Waals surface area contributed by atoms with E-state index in [-0.39, 0.29) is 0 Å². The maximum Gasteiger partial charge on any atom is 0.114 e. The molecule has 2 fully saturated rings. The van der Waals surface area contributed by atoms with E-state index in [9.17, 15) is 0 Å². The van der Waals surface area contributed by atoms with Crippen LogP contribution in [0.25, 0.3) is 0 Å². The minimum absolute atomic E-state index is 0.483. The van der Waals surface area contributed by atoms with Crippen LogP contribution in [0.4, 0.5) is 0 Å². The third-order valence-corrected chi connectivity index (χ3v) is 5.92. The molecule has 82 valence electrons. The molecule has 0 heteroatoms. The number of allylic oxidation sites excluding steroid dienone is 2. The molecule has 0 spiro atoms. The first-order valence-electron chi connectivity index (χ1n) is 6.57. The smallest absolute Gasteiger partial charge is 0.0853 e. The Labute approximate surface area is 94.1 Å². The molecule has 3 aliphatic carbocycles. The third-order valence-electron chi connectivity index (χ3n) is 5.92. The van der Waals surface area contributed by atoms with Gasteiger partial charge in [-0.05, 0) is 44.9 Å². The topological polar surface area (TPSA) is 0 Å². The van der Waals surface area contributed by atoms with Crippen molar-refractivity contribution < 1.29 is 0 Å². The monoisotopic (exact) mass is 203 g/mol. The second kappa shape index (κ2) is 2.84. The van der Waals surface area contributed by atoms with Crippen molar-refractivity contribution >= 4 is 0 Å². The highest BCUT2D eigenvalue weighted by Gasteiger charge is 2.73. The van der Waals surface area contributed by atoms with E-state index in [2.05, 4.69) is 26.8 Å². The van der Waals surface area contributed by atoms with E-state index in [0.717, 1.165) is 11.8 Å². The molecule has 2 saturated carbocycles. The van der Waals surface area contributed by atoms with Crippen molar-refractivity contribution in [2.75, 3.05) is 0 Å². The highest BCUT2D eigenvalue weighted by atomic mass is 14.7. The first kappa shape index (κ1) is 9.81. The zero-order valence-corrected chi connectivity index (χ0v) is 10.2. The zero-order valence-electron chi connectivity index (χ0n) is 10.2. The molecule has 0 saturated heterocycles. The zero-order chi connectivity index (χ0) is 10.7. The molecule has 3 rings (SSSR count). The van der Waals surface area contributed by atoms with Crippen LogP contribution < -0.4 is 0 Å². The summed E-state index contributed by atoms with van der Waals surface area (Å²) in [4.78, 5) is 0.